The Balaban J connectivity index is 1.45. The summed E-state index contributed by atoms with van der Waals surface area (Å²) >= 11 is 0. The van der Waals surface area contributed by atoms with Crippen LogP contribution in [0.1, 0.15) is 73.2 Å². The van der Waals surface area contributed by atoms with Gasteiger partial charge in [-0.05, 0) is 49.4 Å². The van der Waals surface area contributed by atoms with Crippen LogP contribution in [0.25, 0.3) is 11.0 Å². The maximum absolute atomic E-state index is 13.9. The highest BCUT2D eigenvalue weighted by Gasteiger charge is 2.57. The van der Waals surface area contributed by atoms with Gasteiger partial charge in [-0.15, -0.1) is 0 Å². The van der Waals surface area contributed by atoms with Crippen LogP contribution in [-0.4, -0.2) is 38.3 Å². The number of nitrogens with zero attached hydrogens (tertiary/aromatic N) is 2. The average Bonchev–Trinajstić information content (AvgIpc) is 3.55. The first-order valence-corrected chi connectivity index (χ1v) is 11.9. The van der Waals surface area contributed by atoms with Crippen LogP contribution in [-0.2, 0) is 4.79 Å². The molecule has 2 saturated carbocycles. The SMILES string of the molecule is O=C(Nc1nc2ccccc2[nH]1)[C@H]1c2ccccc2C(=O)N(C2CCCC2)C12CCCC2. The third-order valence-electron chi connectivity index (χ3n) is 7.79. The highest BCUT2D eigenvalue weighted by atomic mass is 16.2. The molecule has 0 unspecified atom stereocenters. The van der Waals surface area contributed by atoms with E-state index in [4.69, 9.17) is 0 Å². The van der Waals surface area contributed by atoms with Gasteiger partial charge < -0.3 is 9.88 Å². The second kappa shape index (κ2) is 7.47. The smallest absolute Gasteiger partial charge is 0.254 e. The van der Waals surface area contributed by atoms with Crippen LogP contribution in [0.2, 0.25) is 0 Å². The molecular weight excluding hydrogens is 400 g/mol. The van der Waals surface area contributed by atoms with E-state index in [0.29, 0.717) is 11.5 Å². The predicted molar refractivity (Wildman–Crippen MR) is 124 cm³/mol. The molecule has 1 spiro atoms. The second-order valence-electron chi connectivity index (χ2n) is 9.54. The van der Waals surface area contributed by atoms with Crippen LogP contribution in [0, 0.1) is 0 Å². The Morgan fingerprint density at radius 1 is 1.00 bits per heavy atom. The molecule has 6 rings (SSSR count). The molecule has 0 bridgehead atoms. The number of rotatable bonds is 3. The van der Waals surface area contributed by atoms with Gasteiger partial charge in [0.25, 0.3) is 5.91 Å². The first kappa shape index (κ1) is 19.5. The molecule has 2 fully saturated rings. The number of para-hydroxylation sites is 2. The summed E-state index contributed by atoms with van der Waals surface area (Å²) in [6, 6.07) is 15.7. The lowest BCUT2D eigenvalue weighted by Crippen LogP contribution is -2.62. The zero-order chi connectivity index (χ0) is 21.7. The van der Waals surface area contributed by atoms with Crippen molar-refractivity contribution in [3.63, 3.8) is 0 Å². The molecule has 2 amide bonds. The number of carbonyl (C=O) groups is 2. The summed E-state index contributed by atoms with van der Waals surface area (Å²) < 4.78 is 0. The number of hydrogen-bond donors (Lipinski definition) is 2. The number of amides is 2. The van der Waals surface area contributed by atoms with Gasteiger partial charge in [-0.2, -0.15) is 0 Å². The summed E-state index contributed by atoms with van der Waals surface area (Å²) in [5.74, 6) is 0.106. The number of carbonyl (C=O) groups excluding carboxylic acids is 2. The molecule has 1 atom stereocenters. The summed E-state index contributed by atoms with van der Waals surface area (Å²) in [7, 11) is 0. The van der Waals surface area contributed by atoms with Crippen molar-refractivity contribution in [1.82, 2.24) is 14.9 Å². The van der Waals surface area contributed by atoms with E-state index in [9.17, 15) is 9.59 Å². The minimum absolute atomic E-state index is 0.0751. The zero-order valence-corrected chi connectivity index (χ0v) is 18.1. The van der Waals surface area contributed by atoms with Crippen LogP contribution in [0.15, 0.2) is 48.5 Å². The maximum Gasteiger partial charge on any atom is 0.254 e. The summed E-state index contributed by atoms with van der Waals surface area (Å²) in [4.78, 5) is 37.6. The van der Waals surface area contributed by atoms with Crippen molar-refractivity contribution in [1.29, 1.82) is 0 Å². The molecular formula is C26H28N4O2. The van der Waals surface area contributed by atoms with E-state index in [1.807, 2.05) is 48.5 Å². The molecule has 3 aromatic rings. The van der Waals surface area contributed by atoms with Gasteiger partial charge in [0.15, 0.2) is 0 Å². The van der Waals surface area contributed by atoms with Crippen molar-refractivity contribution in [2.45, 2.75) is 68.9 Å². The number of aromatic amines is 1. The van der Waals surface area contributed by atoms with Crippen molar-refractivity contribution in [2.24, 2.45) is 0 Å². The van der Waals surface area contributed by atoms with E-state index < -0.39 is 11.5 Å². The molecule has 6 heteroatoms. The van der Waals surface area contributed by atoms with E-state index in [2.05, 4.69) is 20.2 Å². The fraction of sp³-hybridized carbons (Fsp3) is 0.423. The number of nitrogens with one attached hydrogen (secondary N) is 2. The highest BCUT2D eigenvalue weighted by Crippen LogP contribution is 2.52. The van der Waals surface area contributed by atoms with Gasteiger partial charge in [0.05, 0.1) is 22.5 Å². The van der Waals surface area contributed by atoms with Gasteiger partial charge in [-0.1, -0.05) is 56.0 Å². The fourth-order valence-corrected chi connectivity index (χ4v) is 6.50. The first-order valence-electron chi connectivity index (χ1n) is 11.9. The molecule has 32 heavy (non-hydrogen) atoms. The summed E-state index contributed by atoms with van der Waals surface area (Å²) in [6.45, 7) is 0. The number of benzene rings is 2. The lowest BCUT2D eigenvalue weighted by atomic mass is 9.70. The zero-order valence-electron chi connectivity index (χ0n) is 18.1. The third kappa shape index (κ3) is 2.89. The van der Waals surface area contributed by atoms with Crippen LogP contribution in [0.4, 0.5) is 5.95 Å². The summed E-state index contributed by atoms with van der Waals surface area (Å²) in [5.41, 5.74) is 2.82. The molecule has 3 aliphatic rings. The number of hydrogen-bond acceptors (Lipinski definition) is 3. The Morgan fingerprint density at radius 2 is 1.72 bits per heavy atom. The maximum atomic E-state index is 13.9. The van der Waals surface area contributed by atoms with Gasteiger partial charge in [0.1, 0.15) is 0 Å². The molecule has 2 heterocycles. The fourth-order valence-electron chi connectivity index (χ4n) is 6.50. The van der Waals surface area contributed by atoms with E-state index >= 15 is 0 Å². The van der Waals surface area contributed by atoms with Crippen LogP contribution >= 0.6 is 0 Å². The molecule has 164 valence electrons. The van der Waals surface area contributed by atoms with Crippen LogP contribution < -0.4 is 5.32 Å². The standard InChI is InChI=1S/C26H28N4O2/c31-23(29-25-27-20-13-5-6-14-21(20)28-25)22-18-11-3-4-12-19(18)24(32)30(17-9-1-2-10-17)26(22)15-7-8-16-26/h3-6,11-14,17,22H,1-2,7-10,15-16H2,(H2,27,28,29,31)/t22-/m1/s1. The van der Waals surface area contributed by atoms with Gasteiger partial charge in [0, 0.05) is 11.6 Å². The number of anilines is 1. The quantitative estimate of drug-likeness (QED) is 0.616. The summed E-state index contributed by atoms with van der Waals surface area (Å²) in [6.07, 6.45) is 8.23. The molecule has 2 aromatic carbocycles. The minimum atomic E-state index is -0.448. The van der Waals surface area contributed by atoms with Crippen LogP contribution in [0.5, 0.6) is 0 Å². The Hall–Kier alpha value is -3.15. The van der Waals surface area contributed by atoms with Crippen molar-refractivity contribution < 1.29 is 9.59 Å². The molecule has 0 saturated heterocycles. The molecule has 1 aromatic heterocycles. The Kier molecular flexibility index (Phi) is 4.56. The van der Waals surface area contributed by atoms with Gasteiger partial charge in [0.2, 0.25) is 11.9 Å². The number of fused-ring (bicyclic) bond motifs is 2. The number of aromatic nitrogens is 2. The van der Waals surface area contributed by atoms with Crippen molar-refractivity contribution >= 4 is 28.8 Å². The van der Waals surface area contributed by atoms with Gasteiger partial charge >= 0.3 is 0 Å². The predicted octanol–water partition coefficient (Wildman–Crippen LogP) is 5.00. The van der Waals surface area contributed by atoms with Gasteiger partial charge in [-0.25, -0.2) is 4.98 Å². The lowest BCUT2D eigenvalue weighted by molar-refractivity contribution is -0.121. The Bertz CT molecular complexity index is 1150. The first-order chi connectivity index (χ1) is 15.7. The van der Waals surface area contributed by atoms with E-state index in [1.54, 1.807) is 0 Å². The Labute approximate surface area is 187 Å². The molecule has 2 aliphatic carbocycles. The Morgan fingerprint density at radius 3 is 2.50 bits per heavy atom. The van der Waals surface area contributed by atoms with E-state index in [1.165, 1.54) is 0 Å². The highest BCUT2D eigenvalue weighted by molar-refractivity contribution is 6.05. The minimum Gasteiger partial charge on any atom is -0.329 e. The molecule has 1 aliphatic heterocycles. The second-order valence-corrected chi connectivity index (χ2v) is 9.54. The summed E-state index contributed by atoms with van der Waals surface area (Å²) in [5, 5.41) is 3.08. The molecule has 6 nitrogen and oxygen atoms in total. The van der Waals surface area contributed by atoms with Crippen molar-refractivity contribution in [3.05, 3.63) is 59.7 Å². The van der Waals surface area contributed by atoms with Crippen molar-refractivity contribution in [2.75, 3.05) is 5.32 Å². The molecule has 2 N–H and O–H groups in total. The third-order valence-corrected chi connectivity index (χ3v) is 7.79. The van der Waals surface area contributed by atoms with Gasteiger partial charge in [-0.3, -0.25) is 14.9 Å². The number of H-pyrrole nitrogens is 1. The van der Waals surface area contributed by atoms with Crippen LogP contribution in [0.3, 0.4) is 0 Å². The lowest BCUT2D eigenvalue weighted by Gasteiger charge is -2.52. The van der Waals surface area contributed by atoms with Crippen molar-refractivity contribution in [3.8, 4) is 0 Å². The topological polar surface area (TPSA) is 78.1 Å². The number of imidazole rings is 1. The van der Waals surface area contributed by atoms with E-state index in [-0.39, 0.29) is 17.9 Å². The average molecular weight is 429 g/mol. The normalized spacial score (nSPS) is 22.6. The monoisotopic (exact) mass is 428 g/mol. The van der Waals surface area contributed by atoms with E-state index in [0.717, 1.165) is 68.0 Å². The largest absolute Gasteiger partial charge is 0.329 e. The molecule has 0 radical (unpaired) electrons.